The number of nitrogens with zero attached hydrogens (tertiary/aromatic N) is 1. The van der Waals surface area contributed by atoms with E-state index in [4.69, 9.17) is 0 Å². The number of thiophene rings is 1. The molecule has 1 aliphatic carbocycles. The quantitative estimate of drug-likeness (QED) is 0.370. The Hall–Kier alpha value is -3.71. The molecule has 154 valence electrons. The predicted molar refractivity (Wildman–Crippen MR) is 121 cm³/mol. The number of rotatable bonds is 5. The normalized spacial score (nSPS) is 14.3. The summed E-state index contributed by atoms with van der Waals surface area (Å²) >= 11 is 1.44. The van der Waals surface area contributed by atoms with Crippen molar-refractivity contribution >= 4 is 39.3 Å². The van der Waals surface area contributed by atoms with E-state index >= 15 is 0 Å². The minimum Gasteiger partial charge on any atom is -0.481 e. The minimum atomic E-state index is -1.11. The van der Waals surface area contributed by atoms with Gasteiger partial charge < -0.3 is 10.2 Å². The van der Waals surface area contributed by atoms with Gasteiger partial charge in [-0.15, -0.1) is 11.3 Å². The highest BCUT2D eigenvalue weighted by molar-refractivity contribution is 7.22. The molecule has 0 unspecified atom stereocenters. The van der Waals surface area contributed by atoms with Gasteiger partial charge in [-0.3, -0.25) is 10.1 Å². The van der Waals surface area contributed by atoms with E-state index in [-0.39, 0.29) is 0 Å². The van der Waals surface area contributed by atoms with Crippen molar-refractivity contribution in [2.45, 2.75) is 18.3 Å². The van der Waals surface area contributed by atoms with Gasteiger partial charge in [0, 0.05) is 11.6 Å². The van der Waals surface area contributed by atoms with Crippen LogP contribution in [0.1, 0.15) is 18.4 Å². The monoisotopic (exact) mass is 430 g/mol. The maximum atomic E-state index is 11.5. The molecule has 6 nitrogen and oxygen atoms in total. The maximum absolute atomic E-state index is 11.5. The molecule has 0 aliphatic heterocycles. The number of fused-ring (bicyclic) bond motifs is 1. The van der Waals surface area contributed by atoms with Gasteiger partial charge in [-0.25, -0.2) is 9.78 Å². The first-order valence-corrected chi connectivity index (χ1v) is 10.6. The number of benzene rings is 2. The molecule has 0 atom stereocenters. The van der Waals surface area contributed by atoms with Crippen molar-refractivity contribution in [1.82, 2.24) is 4.98 Å². The molecular formula is C24H18N2O4S. The van der Waals surface area contributed by atoms with Crippen LogP contribution in [0.25, 0.3) is 31.8 Å². The van der Waals surface area contributed by atoms with Gasteiger partial charge in [0.1, 0.15) is 4.83 Å². The first kappa shape index (κ1) is 19.3. The van der Waals surface area contributed by atoms with Crippen LogP contribution in [-0.4, -0.2) is 27.3 Å². The average molecular weight is 430 g/mol. The van der Waals surface area contributed by atoms with Crippen molar-refractivity contribution in [3.8, 4) is 21.6 Å². The Bertz CT molecular complexity index is 1310. The Morgan fingerprint density at radius 2 is 1.52 bits per heavy atom. The molecule has 5 rings (SSSR count). The number of aliphatic carboxylic acids is 1. The summed E-state index contributed by atoms with van der Waals surface area (Å²) in [6, 6.07) is 19.2. The fourth-order valence-corrected chi connectivity index (χ4v) is 5.02. The lowest BCUT2D eigenvalue weighted by Crippen LogP contribution is -2.19. The lowest BCUT2D eigenvalue weighted by Gasteiger charge is -2.11. The van der Waals surface area contributed by atoms with E-state index in [0.717, 1.165) is 37.3 Å². The Balaban J connectivity index is 1.47. The predicted octanol–water partition coefficient (Wildman–Crippen LogP) is 5.84. The maximum Gasteiger partial charge on any atom is 0.409 e. The van der Waals surface area contributed by atoms with Gasteiger partial charge in [0.25, 0.3) is 0 Å². The molecule has 2 heterocycles. The van der Waals surface area contributed by atoms with E-state index < -0.39 is 17.5 Å². The fourth-order valence-electron chi connectivity index (χ4n) is 3.91. The van der Waals surface area contributed by atoms with Crippen LogP contribution in [0.4, 0.5) is 10.5 Å². The molecule has 0 bridgehead atoms. The number of aromatic nitrogens is 1. The van der Waals surface area contributed by atoms with Crippen LogP contribution in [0.5, 0.6) is 0 Å². The molecule has 2 aromatic carbocycles. The van der Waals surface area contributed by atoms with E-state index in [2.05, 4.69) is 10.3 Å². The molecule has 0 radical (unpaired) electrons. The molecule has 2 aromatic heterocycles. The van der Waals surface area contributed by atoms with Gasteiger partial charge in [-0.2, -0.15) is 0 Å². The van der Waals surface area contributed by atoms with Crippen molar-refractivity contribution < 1.29 is 19.8 Å². The van der Waals surface area contributed by atoms with Gasteiger partial charge >= 0.3 is 12.1 Å². The largest absolute Gasteiger partial charge is 0.481 e. The van der Waals surface area contributed by atoms with Crippen molar-refractivity contribution in [2.75, 3.05) is 5.32 Å². The third-order valence-corrected chi connectivity index (χ3v) is 6.94. The van der Waals surface area contributed by atoms with Crippen LogP contribution in [0, 0.1) is 0 Å². The van der Waals surface area contributed by atoms with Crippen LogP contribution < -0.4 is 5.32 Å². The number of carboxylic acid groups (broad SMARTS) is 2. The van der Waals surface area contributed by atoms with Crippen LogP contribution in [0.2, 0.25) is 0 Å². The molecule has 0 spiro atoms. The SMILES string of the molecule is O=C(O)Nc1c(-c2ccc(-c3ccc(C4(C(=O)O)CC4)cc3)cc2)sc2ncccc12. The van der Waals surface area contributed by atoms with Gasteiger partial charge in [-0.05, 0) is 47.2 Å². The highest BCUT2D eigenvalue weighted by Gasteiger charge is 2.51. The second-order valence-corrected chi connectivity index (χ2v) is 8.63. The number of carboxylic acids is 1. The third kappa shape index (κ3) is 3.33. The molecule has 1 amide bonds. The molecule has 3 N–H and O–H groups in total. The standard InChI is InChI=1S/C24H18N2O4S/c27-22(28)24(11-12-24)17-9-7-15(8-10-17)14-3-5-16(6-4-14)20-19(26-23(29)30)18-2-1-13-25-21(18)31-20/h1-10,13,26H,11-12H2,(H,27,28)(H,29,30). The van der Waals surface area contributed by atoms with Crippen molar-refractivity contribution in [3.63, 3.8) is 0 Å². The third-order valence-electron chi connectivity index (χ3n) is 5.78. The molecule has 1 fully saturated rings. The minimum absolute atomic E-state index is 0.543. The molecular weight excluding hydrogens is 412 g/mol. The number of hydrogen-bond acceptors (Lipinski definition) is 4. The zero-order valence-corrected chi connectivity index (χ0v) is 17.1. The van der Waals surface area contributed by atoms with Gasteiger partial charge in [0.2, 0.25) is 0 Å². The number of hydrogen-bond donors (Lipinski definition) is 3. The number of pyridine rings is 1. The van der Waals surface area contributed by atoms with Gasteiger partial charge in [0.15, 0.2) is 0 Å². The second-order valence-electron chi connectivity index (χ2n) is 7.63. The van der Waals surface area contributed by atoms with Crippen LogP contribution in [0.3, 0.4) is 0 Å². The summed E-state index contributed by atoms with van der Waals surface area (Å²) < 4.78 is 0. The van der Waals surface area contributed by atoms with Crippen LogP contribution in [0.15, 0.2) is 66.9 Å². The molecule has 7 heteroatoms. The molecule has 0 saturated heterocycles. The topological polar surface area (TPSA) is 99.5 Å². The van der Waals surface area contributed by atoms with Crippen molar-refractivity contribution in [3.05, 3.63) is 72.4 Å². The highest BCUT2D eigenvalue weighted by Crippen LogP contribution is 2.48. The summed E-state index contributed by atoms with van der Waals surface area (Å²) in [4.78, 5) is 28.8. The summed E-state index contributed by atoms with van der Waals surface area (Å²) in [6.45, 7) is 0. The summed E-state index contributed by atoms with van der Waals surface area (Å²) in [5, 5.41) is 22.0. The fraction of sp³-hybridized carbons (Fsp3) is 0.125. The molecule has 31 heavy (non-hydrogen) atoms. The Labute approximate surface area is 181 Å². The highest BCUT2D eigenvalue weighted by atomic mass is 32.1. The van der Waals surface area contributed by atoms with E-state index in [1.807, 2.05) is 54.6 Å². The summed E-state index contributed by atoms with van der Waals surface area (Å²) in [5.74, 6) is -0.756. The van der Waals surface area contributed by atoms with Gasteiger partial charge in [0.05, 0.1) is 16.0 Å². The van der Waals surface area contributed by atoms with E-state index in [9.17, 15) is 19.8 Å². The number of anilines is 1. The smallest absolute Gasteiger partial charge is 0.409 e. The first-order chi connectivity index (χ1) is 15.0. The lowest BCUT2D eigenvalue weighted by atomic mass is 9.93. The first-order valence-electron chi connectivity index (χ1n) is 9.80. The number of nitrogens with one attached hydrogen (secondary N) is 1. The average Bonchev–Trinajstić information content (AvgIpc) is 3.52. The van der Waals surface area contributed by atoms with Crippen LogP contribution >= 0.6 is 11.3 Å². The van der Waals surface area contributed by atoms with E-state index in [1.54, 1.807) is 12.3 Å². The van der Waals surface area contributed by atoms with Crippen molar-refractivity contribution in [1.29, 1.82) is 0 Å². The summed E-state index contributed by atoms with van der Waals surface area (Å²) in [5.41, 5.74) is 3.59. The Morgan fingerprint density at radius 1 is 0.903 bits per heavy atom. The Kier molecular flexibility index (Phi) is 4.48. The molecule has 1 saturated carbocycles. The zero-order valence-electron chi connectivity index (χ0n) is 16.3. The van der Waals surface area contributed by atoms with Crippen molar-refractivity contribution in [2.24, 2.45) is 0 Å². The molecule has 4 aromatic rings. The lowest BCUT2D eigenvalue weighted by molar-refractivity contribution is -0.140. The van der Waals surface area contributed by atoms with E-state index in [1.165, 1.54) is 11.3 Å². The number of amides is 1. The van der Waals surface area contributed by atoms with Gasteiger partial charge in [-0.1, -0.05) is 48.5 Å². The second kappa shape index (κ2) is 7.21. The number of carbonyl (C=O) groups is 2. The zero-order chi connectivity index (χ0) is 21.6. The van der Waals surface area contributed by atoms with Crippen LogP contribution in [-0.2, 0) is 10.2 Å². The molecule has 1 aliphatic rings. The summed E-state index contributed by atoms with van der Waals surface area (Å²) in [6.07, 6.45) is 1.95. The summed E-state index contributed by atoms with van der Waals surface area (Å²) in [7, 11) is 0. The van der Waals surface area contributed by atoms with E-state index in [0.29, 0.717) is 18.5 Å². The Morgan fingerprint density at radius 3 is 2.10 bits per heavy atom.